The van der Waals surface area contributed by atoms with Crippen LogP contribution in [0.25, 0.3) is 0 Å². The molecule has 0 saturated carbocycles. The van der Waals surface area contributed by atoms with E-state index in [0.29, 0.717) is 6.42 Å². The summed E-state index contributed by atoms with van der Waals surface area (Å²) in [4.78, 5) is 0. The highest BCUT2D eigenvalue weighted by atomic mass is 19.3. The highest BCUT2D eigenvalue weighted by molar-refractivity contribution is 4.64. The van der Waals surface area contributed by atoms with Gasteiger partial charge in [-0.15, -0.1) is 0 Å². The van der Waals surface area contributed by atoms with E-state index in [-0.39, 0.29) is 6.61 Å². The fourth-order valence-corrected chi connectivity index (χ4v) is 0.720. The third-order valence-electron chi connectivity index (χ3n) is 1.38. The molecule has 2 N–H and O–H groups in total. The number of hydrogen-bond acceptors (Lipinski definition) is 2. The molecule has 0 aliphatic rings. The van der Waals surface area contributed by atoms with E-state index in [1.807, 2.05) is 0 Å². The van der Waals surface area contributed by atoms with Gasteiger partial charge in [0.25, 0.3) is 0 Å². The van der Waals surface area contributed by atoms with Crippen LogP contribution in [0.5, 0.6) is 0 Å². The maximum absolute atomic E-state index is 12.6. The van der Waals surface area contributed by atoms with Crippen molar-refractivity contribution in [3.63, 3.8) is 0 Å². The van der Waals surface area contributed by atoms with Gasteiger partial charge in [-0.1, -0.05) is 6.92 Å². The van der Waals surface area contributed by atoms with Crippen molar-refractivity contribution < 1.29 is 13.5 Å². The molecule has 1 unspecified atom stereocenters. The first-order valence-corrected chi connectivity index (χ1v) is 3.79. The SMILES string of the molecule is CCOC(F)(F)CC(N)CC. The molecule has 1 atom stereocenters. The summed E-state index contributed by atoms with van der Waals surface area (Å²) >= 11 is 0. The van der Waals surface area contributed by atoms with E-state index >= 15 is 0 Å². The molecule has 0 aromatic rings. The zero-order chi connectivity index (χ0) is 8.91. The first-order valence-electron chi connectivity index (χ1n) is 3.79. The monoisotopic (exact) mass is 167 g/mol. The average molecular weight is 167 g/mol. The zero-order valence-corrected chi connectivity index (χ0v) is 6.94. The van der Waals surface area contributed by atoms with Crippen LogP contribution < -0.4 is 5.73 Å². The fraction of sp³-hybridized carbons (Fsp3) is 1.00. The largest absolute Gasteiger partial charge is 0.357 e. The fourth-order valence-electron chi connectivity index (χ4n) is 0.720. The van der Waals surface area contributed by atoms with Crippen molar-refractivity contribution in [2.75, 3.05) is 6.61 Å². The first-order chi connectivity index (χ1) is 5.02. The molecule has 0 saturated heterocycles. The van der Waals surface area contributed by atoms with E-state index in [4.69, 9.17) is 5.73 Å². The summed E-state index contributed by atoms with van der Waals surface area (Å²) in [5, 5.41) is 0. The molecule has 0 spiro atoms. The normalized spacial score (nSPS) is 15.0. The molecule has 0 rings (SSSR count). The third-order valence-corrected chi connectivity index (χ3v) is 1.38. The Bertz CT molecular complexity index is 109. The van der Waals surface area contributed by atoms with Gasteiger partial charge in [-0.05, 0) is 13.3 Å². The Morgan fingerprint density at radius 1 is 1.45 bits per heavy atom. The minimum Gasteiger partial charge on any atom is -0.327 e. The van der Waals surface area contributed by atoms with Crippen molar-refractivity contribution in [1.82, 2.24) is 0 Å². The van der Waals surface area contributed by atoms with E-state index in [0.717, 1.165) is 0 Å². The van der Waals surface area contributed by atoms with Crippen molar-refractivity contribution in [3.05, 3.63) is 0 Å². The van der Waals surface area contributed by atoms with Crippen molar-refractivity contribution >= 4 is 0 Å². The summed E-state index contributed by atoms with van der Waals surface area (Å²) in [7, 11) is 0. The van der Waals surface area contributed by atoms with Crippen LogP contribution in [0, 0.1) is 0 Å². The highest BCUT2D eigenvalue weighted by Gasteiger charge is 2.31. The van der Waals surface area contributed by atoms with Crippen molar-refractivity contribution in [1.29, 1.82) is 0 Å². The van der Waals surface area contributed by atoms with Gasteiger partial charge in [-0.25, -0.2) is 0 Å². The van der Waals surface area contributed by atoms with E-state index in [2.05, 4.69) is 4.74 Å². The molecule has 68 valence electrons. The molecule has 0 bridgehead atoms. The molecule has 2 nitrogen and oxygen atoms in total. The van der Waals surface area contributed by atoms with Gasteiger partial charge in [0, 0.05) is 6.04 Å². The molecule has 0 fully saturated rings. The molecule has 0 aromatic heterocycles. The van der Waals surface area contributed by atoms with Crippen LogP contribution in [0.2, 0.25) is 0 Å². The van der Waals surface area contributed by atoms with E-state index in [1.165, 1.54) is 6.92 Å². The van der Waals surface area contributed by atoms with Gasteiger partial charge < -0.3 is 10.5 Å². The molecule has 4 heteroatoms. The summed E-state index contributed by atoms with van der Waals surface area (Å²) in [6, 6.07) is -0.475. The summed E-state index contributed by atoms with van der Waals surface area (Å²) in [5.41, 5.74) is 5.33. The van der Waals surface area contributed by atoms with Gasteiger partial charge >= 0.3 is 6.11 Å². The number of halogens is 2. The number of ether oxygens (including phenoxy) is 1. The van der Waals surface area contributed by atoms with E-state index < -0.39 is 18.6 Å². The highest BCUT2D eigenvalue weighted by Crippen LogP contribution is 2.21. The Hall–Kier alpha value is -0.220. The van der Waals surface area contributed by atoms with Crippen LogP contribution in [-0.4, -0.2) is 18.8 Å². The smallest absolute Gasteiger partial charge is 0.327 e. The second kappa shape index (κ2) is 4.62. The molecule has 0 aromatic carbocycles. The molecule has 0 aliphatic carbocycles. The quantitative estimate of drug-likeness (QED) is 0.677. The first kappa shape index (κ1) is 10.8. The number of rotatable bonds is 5. The lowest BCUT2D eigenvalue weighted by atomic mass is 10.1. The number of hydrogen-bond donors (Lipinski definition) is 1. The number of alkyl halides is 2. The Balaban J connectivity index is 3.70. The summed E-state index contributed by atoms with van der Waals surface area (Å²) in [5.74, 6) is 0. The van der Waals surface area contributed by atoms with Crippen LogP contribution in [0.4, 0.5) is 8.78 Å². The summed E-state index contributed by atoms with van der Waals surface area (Å²) in [6.07, 6.45) is -2.90. The minimum atomic E-state index is -3.05. The molecule has 0 radical (unpaired) electrons. The molecule has 0 aliphatic heterocycles. The van der Waals surface area contributed by atoms with Gasteiger partial charge in [0.05, 0.1) is 13.0 Å². The van der Waals surface area contributed by atoms with Crippen LogP contribution >= 0.6 is 0 Å². The van der Waals surface area contributed by atoms with Crippen LogP contribution in [0.15, 0.2) is 0 Å². The predicted octanol–water partition coefficient (Wildman–Crippen LogP) is 1.74. The topological polar surface area (TPSA) is 35.2 Å². The predicted molar refractivity (Wildman–Crippen MR) is 39.5 cm³/mol. The summed E-state index contributed by atoms with van der Waals surface area (Å²) < 4.78 is 29.3. The molecular weight excluding hydrogens is 152 g/mol. The van der Waals surface area contributed by atoms with Crippen molar-refractivity contribution in [2.45, 2.75) is 38.8 Å². The van der Waals surface area contributed by atoms with Gasteiger partial charge in [-0.2, -0.15) is 8.78 Å². The van der Waals surface area contributed by atoms with Gasteiger partial charge in [-0.3, -0.25) is 0 Å². The maximum Gasteiger partial charge on any atom is 0.357 e. The summed E-state index contributed by atoms with van der Waals surface area (Å²) in [6.45, 7) is 3.32. The zero-order valence-electron chi connectivity index (χ0n) is 6.94. The molecular formula is C7H15F2NO. The van der Waals surface area contributed by atoms with E-state index in [1.54, 1.807) is 6.92 Å². The van der Waals surface area contributed by atoms with Gasteiger partial charge in [0.1, 0.15) is 0 Å². The Morgan fingerprint density at radius 2 is 2.00 bits per heavy atom. The van der Waals surface area contributed by atoms with Crippen molar-refractivity contribution in [2.24, 2.45) is 5.73 Å². The minimum absolute atomic E-state index is 0.0173. The average Bonchev–Trinajstić information content (AvgIpc) is 1.86. The Morgan fingerprint density at radius 3 is 2.36 bits per heavy atom. The maximum atomic E-state index is 12.6. The lowest BCUT2D eigenvalue weighted by Crippen LogP contribution is -2.31. The standard InChI is InChI=1S/C7H15F2NO/c1-3-6(10)5-7(8,9)11-4-2/h6H,3-5,10H2,1-2H3. The van der Waals surface area contributed by atoms with Gasteiger partial charge in [0.15, 0.2) is 0 Å². The van der Waals surface area contributed by atoms with Crippen molar-refractivity contribution in [3.8, 4) is 0 Å². The van der Waals surface area contributed by atoms with Crippen LogP contribution in [0.3, 0.4) is 0 Å². The Kier molecular flexibility index (Phi) is 4.52. The Labute approximate surface area is 65.7 Å². The number of nitrogens with two attached hydrogens (primary N) is 1. The van der Waals surface area contributed by atoms with Crippen LogP contribution in [0.1, 0.15) is 26.7 Å². The van der Waals surface area contributed by atoms with E-state index in [9.17, 15) is 8.78 Å². The van der Waals surface area contributed by atoms with Gasteiger partial charge in [0.2, 0.25) is 0 Å². The second-order valence-electron chi connectivity index (χ2n) is 2.44. The second-order valence-corrected chi connectivity index (χ2v) is 2.44. The molecule has 11 heavy (non-hydrogen) atoms. The third kappa shape index (κ3) is 5.09. The lowest BCUT2D eigenvalue weighted by molar-refractivity contribution is -0.241. The molecule has 0 heterocycles. The van der Waals surface area contributed by atoms with Crippen LogP contribution in [-0.2, 0) is 4.74 Å². The molecule has 0 amide bonds. The lowest BCUT2D eigenvalue weighted by Gasteiger charge is -2.18.